The van der Waals surface area contributed by atoms with Crippen molar-refractivity contribution in [2.24, 2.45) is 0 Å². The molecule has 4 rings (SSSR count). The summed E-state index contributed by atoms with van der Waals surface area (Å²) >= 11 is 19.4. The number of aromatic nitrogens is 1. The molecule has 1 N–H and O–H groups in total. The lowest BCUT2D eigenvalue weighted by atomic mass is 10.1. The first-order valence-corrected chi connectivity index (χ1v) is 11.0. The topological polar surface area (TPSA) is 98.3 Å². The Hall–Kier alpha value is -2.91. The second-order valence-corrected chi connectivity index (χ2v) is 8.93. The van der Waals surface area contributed by atoms with E-state index < -0.39 is 10.8 Å². The van der Waals surface area contributed by atoms with Crippen LogP contribution in [0.1, 0.15) is 21.0 Å². The summed E-state index contributed by atoms with van der Waals surface area (Å²) in [5.41, 5.74) is 1.27. The number of amides is 1. The molecule has 2 aromatic heterocycles. The lowest BCUT2D eigenvalue weighted by molar-refractivity contribution is -0.384. The van der Waals surface area contributed by atoms with Gasteiger partial charge in [-0.15, -0.1) is 11.3 Å². The predicted octanol–water partition coefficient (Wildman–Crippen LogP) is 7.11. The predicted molar refractivity (Wildman–Crippen MR) is 125 cm³/mol. The van der Waals surface area contributed by atoms with Gasteiger partial charge in [-0.3, -0.25) is 20.2 Å². The van der Waals surface area contributed by atoms with Crippen molar-refractivity contribution in [2.75, 3.05) is 5.32 Å². The first-order valence-electron chi connectivity index (χ1n) is 9.04. The molecule has 162 valence electrons. The van der Waals surface area contributed by atoms with E-state index >= 15 is 0 Å². The minimum Gasteiger partial charge on any atom is -0.451 e. The minimum atomic E-state index is -0.541. The van der Waals surface area contributed by atoms with E-state index in [1.54, 1.807) is 24.4 Å². The Labute approximate surface area is 200 Å². The Morgan fingerprint density at radius 1 is 1.06 bits per heavy atom. The van der Waals surface area contributed by atoms with E-state index in [4.69, 9.17) is 39.2 Å². The van der Waals surface area contributed by atoms with Crippen LogP contribution in [0.25, 0.3) is 11.3 Å². The van der Waals surface area contributed by atoms with Crippen LogP contribution in [0.5, 0.6) is 0 Å². The molecule has 0 bridgehead atoms. The van der Waals surface area contributed by atoms with Crippen molar-refractivity contribution in [3.05, 3.63) is 96.1 Å². The Kier molecular flexibility index (Phi) is 6.48. The van der Waals surface area contributed by atoms with E-state index in [0.29, 0.717) is 32.9 Å². The fourth-order valence-corrected chi connectivity index (χ4v) is 4.31. The maximum Gasteiger partial charge on any atom is 0.293 e. The fourth-order valence-electron chi connectivity index (χ4n) is 2.88. The molecule has 0 aliphatic rings. The van der Waals surface area contributed by atoms with E-state index in [1.165, 1.54) is 35.6 Å². The molecule has 1 amide bonds. The van der Waals surface area contributed by atoms with Crippen molar-refractivity contribution < 1.29 is 14.1 Å². The number of thiazole rings is 1. The highest BCUT2D eigenvalue weighted by Crippen LogP contribution is 2.33. The van der Waals surface area contributed by atoms with Crippen LogP contribution in [0.2, 0.25) is 15.1 Å². The average molecular weight is 509 g/mol. The molecular formula is C21H12Cl3N3O4S. The first-order chi connectivity index (χ1) is 15.3. The number of furan rings is 1. The smallest absolute Gasteiger partial charge is 0.293 e. The van der Waals surface area contributed by atoms with Crippen LogP contribution in [-0.2, 0) is 6.42 Å². The molecule has 0 spiro atoms. The first kappa shape index (κ1) is 22.3. The number of rotatable bonds is 6. The van der Waals surface area contributed by atoms with Crippen LogP contribution >= 0.6 is 46.1 Å². The molecule has 11 heteroatoms. The van der Waals surface area contributed by atoms with Crippen LogP contribution in [0.15, 0.2) is 59.1 Å². The fraction of sp³-hybridized carbons (Fsp3) is 0.0476. The van der Waals surface area contributed by atoms with Gasteiger partial charge in [0.25, 0.3) is 11.6 Å². The highest BCUT2D eigenvalue weighted by molar-refractivity contribution is 7.15. The third-order valence-electron chi connectivity index (χ3n) is 4.40. The summed E-state index contributed by atoms with van der Waals surface area (Å²) in [6.45, 7) is 0. The van der Waals surface area contributed by atoms with Crippen molar-refractivity contribution >= 4 is 62.9 Å². The van der Waals surface area contributed by atoms with Gasteiger partial charge in [0.1, 0.15) is 5.76 Å². The van der Waals surface area contributed by atoms with Gasteiger partial charge in [-0.05, 0) is 35.9 Å². The van der Waals surface area contributed by atoms with E-state index in [2.05, 4.69) is 10.3 Å². The summed E-state index contributed by atoms with van der Waals surface area (Å²) in [7, 11) is 0. The Balaban J connectivity index is 1.45. The maximum absolute atomic E-state index is 12.5. The zero-order valence-corrected chi connectivity index (χ0v) is 19.1. The molecule has 0 saturated carbocycles. The van der Waals surface area contributed by atoms with Crippen molar-refractivity contribution in [3.63, 3.8) is 0 Å². The molecule has 2 heterocycles. The molecule has 4 aromatic rings. The maximum atomic E-state index is 12.5. The van der Waals surface area contributed by atoms with Crippen molar-refractivity contribution in [2.45, 2.75) is 6.42 Å². The van der Waals surface area contributed by atoms with Crippen LogP contribution in [-0.4, -0.2) is 15.8 Å². The molecule has 32 heavy (non-hydrogen) atoms. The van der Waals surface area contributed by atoms with Gasteiger partial charge in [0.15, 0.2) is 10.9 Å². The minimum absolute atomic E-state index is 0.0515. The summed E-state index contributed by atoms with van der Waals surface area (Å²) in [4.78, 5) is 28.0. The van der Waals surface area contributed by atoms with E-state index in [-0.39, 0.29) is 16.5 Å². The summed E-state index contributed by atoms with van der Waals surface area (Å²) < 4.78 is 5.60. The Morgan fingerprint density at radius 3 is 2.59 bits per heavy atom. The number of nitrogens with zero attached hydrogens (tertiary/aromatic N) is 2. The largest absolute Gasteiger partial charge is 0.451 e. The normalized spacial score (nSPS) is 10.8. The van der Waals surface area contributed by atoms with Crippen LogP contribution in [0.3, 0.4) is 0 Å². The van der Waals surface area contributed by atoms with Gasteiger partial charge in [0.2, 0.25) is 0 Å². The number of halogens is 3. The summed E-state index contributed by atoms with van der Waals surface area (Å²) in [5, 5.41) is 15.1. The van der Waals surface area contributed by atoms with Crippen molar-refractivity contribution in [1.29, 1.82) is 0 Å². The zero-order valence-electron chi connectivity index (χ0n) is 16.0. The number of nitrogens with one attached hydrogen (secondary N) is 1. The highest BCUT2D eigenvalue weighted by atomic mass is 35.5. The molecule has 7 nitrogen and oxygen atoms in total. The van der Waals surface area contributed by atoms with Gasteiger partial charge in [-0.1, -0.05) is 40.9 Å². The molecule has 2 aromatic carbocycles. The van der Waals surface area contributed by atoms with Crippen molar-refractivity contribution in [3.8, 4) is 11.3 Å². The van der Waals surface area contributed by atoms with E-state index in [0.717, 1.165) is 10.4 Å². The number of carbonyl (C=O) groups is 1. The lowest BCUT2D eigenvalue weighted by Gasteiger charge is -2.02. The average Bonchev–Trinajstić information content (AvgIpc) is 3.40. The molecule has 0 atom stereocenters. The summed E-state index contributed by atoms with van der Waals surface area (Å²) in [5.74, 6) is -0.116. The highest BCUT2D eigenvalue weighted by Gasteiger charge is 2.17. The Bertz CT molecular complexity index is 1340. The zero-order chi connectivity index (χ0) is 22.8. The molecule has 0 unspecified atom stereocenters. The van der Waals surface area contributed by atoms with Crippen LogP contribution in [0, 0.1) is 10.1 Å². The Morgan fingerprint density at radius 2 is 1.88 bits per heavy atom. The van der Waals surface area contributed by atoms with Gasteiger partial charge in [-0.25, -0.2) is 4.98 Å². The third kappa shape index (κ3) is 4.94. The lowest BCUT2D eigenvalue weighted by Crippen LogP contribution is -2.10. The number of anilines is 1. The quantitative estimate of drug-likeness (QED) is 0.221. The second kappa shape index (κ2) is 9.30. The molecule has 0 aliphatic heterocycles. The van der Waals surface area contributed by atoms with Gasteiger partial charge in [0, 0.05) is 35.2 Å². The van der Waals surface area contributed by atoms with E-state index in [9.17, 15) is 14.9 Å². The number of nitro groups is 1. The molecule has 0 saturated heterocycles. The van der Waals surface area contributed by atoms with Crippen LogP contribution < -0.4 is 5.32 Å². The summed E-state index contributed by atoms with van der Waals surface area (Å²) in [6, 6.07) is 12.5. The monoisotopic (exact) mass is 507 g/mol. The molecule has 0 aliphatic carbocycles. The number of carbonyl (C=O) groups excluding carboxylic acids is 1. The third-order valence-corrected chi connectivity index (χ3v) is 6.36. The molecular weight excluding hydrogens is 497 g/mol. The number of hydrogen-bond acceptors (Lipinski definition) is 6. The second-order valence-electron chi connectivity index (χ2n) is 6.60. The number of non-ortho nitro benzene ring substituents is 1. The number of nitro benzene ring substituents is 1. The van der Waals surface area contributed by atoms with Gasteiger partial charge in [-0.2, -0.15) is 0 Å². The SMILES string of the molecule is O=C(Nc1ncc(Cc2ccc(Cl)c(Cl)c2)s1)c1ccc(-c2ccc([N+](=O)[O-])cc2Cl)o1. The van der Waals surface area contributed by atoms with E-state index in [1.807, 2.05) is 6.07 Å². The van der Waals surface area contributed by atoms with Gasteiger partial charge >= 0.3 is 0 Å². The van der Waals surface area contributed by atoms with Crippen molar-refractivity contribution in [1.82, 2.24) is 4.98 Å². The van der Waals surface area contributed by atoms with Gasteiger partial charge in [0.05, 0.1) is 20.0 Å². The number of hydrogen-bond donors (Lipinski definition) is 1. The van der Waals surface area contributed by atoms with Crippen LogP contribution in [0.4, 0.5) is 10.8 Å². The summed E-state index contributed by atoms with van der Waals surface area (Å²) in [6.07, 6.45) is 2.26. The standard InChI is InChI=1S/C21H12Cl3N3O4S/c22-15-4-1-11(8-17(15)24)7-13-10-25-21(32-13)26-20(28)19-6-5-18(31-19)14-3-2-12(27(29)30)9-16(14)23/h1-6,8-10H,7H2,(H,25,26,28). The van der Waals surface area contributed by atoms with Gasteiger partial charge < -0.3 is 4.42 Å². The number of benzene rings is 2. The molecule has 0 radical (unpaired) electrons. The molecule has 0 fully saturated rings.